The van der Waals surface area contributed by atoms with Gasteiger partial charge >= 0.3 is 0 Å². The number of rotatable bonds is 0. The first-order chi connectivity index (χ1) is 6.27. The number of halogens is 1. The summed E-state index contributed by atoms with van der Waals surface area (Å²) in [5.41, 5.74) is 1.88. The van der Waals surface area contributed by atoms with Crippen molar-refractivity contribution >= 4 is 22.5 Å². The molecule has 2 heterocycles. The van der Waals surface area contributed by atoms with Crippen LogP contribution in [0.25, 0.3) is 10.9 Å². The molecule has 4 heteroatoms. The van der Waals surface area contributed by atoms with Gasteiger partial charge in [-0.2, -0.15) is 5.10 Å². The molecular formula is C9H12ClN3. The Morgan fingerprint density at radius 2 is 2.08 bits per heavy atom. The highest BCUT2D eigenvalue weighted by molar-refractivity contribution is 6.30. The standard InChI is InChI=1S/C7H6ClN3.C2H6/c1-4-5-3-9-7(8)2-6(5)11-10-4;1-2/h2-3H,1H3,(H,10,11);1-2H3. The number of aromatic nitrogens is 3. The number of aromatic amines is 1. The van der Waals surface area contributed by atoms with E-state index in [0.717, 1.165) is 16.6 Å². The molecule has 2 aromatic rings. The van der Waals surface area contributed by atoms with E-state index < -0.39 is 0 Å². The number of aryl methyl sites for hydroxylation is 1. The lowest BCUT2D eigenvalue weighted by Gasteiger charge is -1.88. The van der Waals surface area contributed by atoms with Crippen molar-refractivity contribution in [2.24, 2.45) is 0 Å². The molecule has 0 aliphatic carbocycles. The van der Waals surface area contributed by atoms with Crippen molar-refractivity contribution in [1.82, 2.24) is 15.2 Å². The van der Waals surface area contributed by atoms with Gasteiger partial charge in [0.1, 0.15) is 5.15 Å². The van der Waals surface area contributed by atoms with E-state index >= 15 is 0 Å². The molecule has 0 amide bonds. The van der Waals surface area contributed by atoms with Gasteiger partial charge in [-0.3, -0.25) is 5.10 Å². The number of H-pyrrole nitrogens is 1. The quantitative estimate of drug-likeness (QED) is 0.660. The van der Waals surface area contributed by atoms with Gasteiger partial charge in [0.15, 0.2) is 0 Å². The van der Waals surface area contributed by atoms with Crippen LogP contribution in [0.3, 0.4) is 0 Å². The summed E-state index contributed by atoms with van der Waals surface area (Å²) in [5.74, 6) is 0. The van der Waals surface area contributed by atoms with Gasteiger partial charge in [0.25, 0.3) is 0 Å². The van der Waals surface area contributed by atoms with E-state index in [0.29, 0.717) is 5.15 Å². The summed E-state index contributed by atoms with van der Waals surface area (Å²) >= 11 is 5.66. The average molecular weight is 198 g/mol. The minimum atomic E-state index is 0.476. The van der Waals surface area contributed by atoms with Crippen LogP contribution in [0.2, 0.25) is 5.15 Å². The summed E-state index contributed by atoms with van der Waals surface area (Å²) in [7, 11) is 0. The Bertz CT molecular complexity index is 395. The molecule has 0 unspecified atom stereocenters. The van der Waals surface area contributed by atoms with Crippen LogP contribution >= 0.6 is 11.6 Å². The van der Waals surface area contributed by atoms with E-state index in [9.17, 15) is 0 Å². The van der Waals surface area contributed by atoms with Crippen molar-refractivity contribution < 1.29 is 0 Å². The molecule has 13 heavy (non-hydrogen) atoms. The zero-order valence-corrected chi connectivity index (χ0v) is 8.68. The largest absolute Gasteiger partial charge is 0.282 e. The third-order valence-corrected chi connectivity index (χ3v) is 1.80. The van der Waals surface area contributed by atoms with Crippen molar-refractivity contribution in [3.63, 3.8) is 0 Å². The Hall–Kier alpha value is -1.09. The van der Waals surface area contributed by atoms with Crippen molar-refractivity contribution in [3.05, 3.63) is 23.1 Å². The monoisotopic (exact) mass is 197 g/mol. The van der Waals surface area contributed by atoms with Crippen LogP contribution in [0, 0.1) is 6.92 Å². The molecule has 2 rings (SSSR count). The van der Waals surface area contributed by atoms with Crippen LogP contribution in [0.15, 0.2) is 12.3 Å². The number of fused-ring (bicyclic) bond motifs is 1. The maximum absolute atomic E-state index is 5.66. The number of pyridine rings is 1. The second-order valence-corrected chi connectivity index (χ2v) is 2.76. The molecule has 0 radical (unpaired) electrons. The maximum atomic E-state index is 5.66. The third kappa shape index (κ3) is 1.98. The van der Waals surface area contributed by atoms with Crippen LogP contribution < -0.4 is 0 Å². The zero-order chi connectivity index (χ0) is 9.84. The summed E-state index contributed by atoms with van der Waals surface area (Å²) in [5, 5.41) is 8.38. The number of nitrogens with zero attached hydrogens (tertiary/aromatic N) is 2. The molecule has 0 aliphatic rings. The fourth-order valence-electron chi connectivity index (χ4n) is 1.01. The van der Waals surface area contributed by atoms with Gasteiger partial charge in [-0.1, -0.05) is 25.4 Å². The van der Waals surface area contributed by atoms with Crippen LogP contribution in [0.5, 0.6) is 0 Å². The second-order valence-electron chi connectivity index (χ2n) is 2.37. The van der Waals surface area contributed by atoms with E-state index in [1.54, 1.807) is 12.3 Å². The van der Waals surface area contributed by atoms with Crippen LogP contribution in [0.4, 0.5) is 0 Å². The van der Waals surface area contributed by atoms with Crippen LogP contribution in [-0.2, 0) is 0 Å². The first-order valence-electron chi connectivity index (χ1n) is 4.23. The van der Waals surface area contributed by atoms with Crippen LogP contribution in [-0.4, -0.2) is 15.2 Å². The molecule has 0 atom stereocenters. The van der Waals surface area contributed by atoms with Gasteiger partial charge in [0.05, 0.1) is 5.52 Å². The normalized spacial score (nSPS) is 9.54. The summed E-state index contributed by atoms with van der Waals surface area (Å²) in [6.45, 7) is 5.95. The van der Waals surface area contributed by atoms with E-state index in [4.69, 9.17) is 11.6 Å². The molecule has 1 N–H and O–H groups in total. The fourth-order valence-corrected chi connectivity index (χ4v) is 1.16. The highest BCUT2D eigenvalue weighted by atomic mass is 35.5. The van der Waals surface area contributed by atoms with Crippen molar-refractivity contribution in [2.45, 2.75) is 20.8 Å². The predicted octanol–water partition coefficient (Wildman–Crippen LogP) is 2.95. The van der Waals surface area contributed by atoms with E-state index in [1.807, 2.05) is 20.8 Å². The number of nitrogens with one attached hydrogen (secondary N) is 1. The topological polar surface area (TPSA) is 41.6 Å². The van der Waals surface area contributed by atoms with Gasteiger partial charge in [-0.25, -0.2) is 4.98 Å². The maximum Gasteiger partial charge on any atom is 0.131 e. The SMILES string of the molecule is CC.Cc1[nH]nc2cc(Cl)ncc12. The lowest BCUT2D eigenvalue weighted by Crippen LogP contribution is -1.74. The van der Waals surface area contributed by atoms with E-state index in [2.05, 4.69) is 15.2 Å². The van der Waals surface area contributed by atoms with Crippen LogP contribution in [0.1, 0.15) is 19.5 Å². The molecule has 0 fully saturated rings. The molecular weight excluding hydrogens is 186 g/mol. The third-order valence-electron chi connectivity index (χ3n) is 1.60. The molecule has 0 bridgehead atoms. The molecule has 0 aliphatic heterocycles. The lowest BCUT2D eigenvalue weighted by atomic mass is 10.3. The fraction of sp³-hybridized carbons (Fsp3) is 0.333. The summed E-state index contributed by atoms with van der Waals surface area (Å²) in [6, 6.07) is 1.74. The first-order valence-corrected chi connectivity index (χ1v) is 4.61. The Kier molecular flexibility index (Phi) is 3.25. The first kappa shape index (κ1) is 9.99. The summed E-state index contributed by atoms with van der Waals surface area (Å²) < 4.78 is 0. The smallest absolute Gasteiger partial charge is 0.131 e. The number of hydrogen-bond acceptors (Lipinski definition) is 2. The van der Waals surface area contributed by atoms with Crippen molar-refractivity contribution in [2.75, 3.05) is 0 Å². The molecule has 3 nitrogen and oxygen atoms in total. The highest BCUT2D eigenvalue weighted by Crippen LogP contribution is 2.16. The Balaban J connectivity index is 0.000000396. The summed E-state index contributed by atoms with van der Waals surface area (Å²) in [4.78, 5) is 3.95. The van der Waals surface area contributed by atoms with E-state index in [1.165, 1.54) is 0 Å². The van der Waals surface area contributed by atoms with Crippen molar-refractivity contribution in [1.29, 1.82) is 0 Å². The molecule has 70 valence electrons. The molecule has 2 aromatic heterocycles. The number of hydrogen-bond donors (Lipinski definition) is 1. The van der Waals surface area contributed by atoms with Crippen molar-refractivity contribution in [3.8, 4) is 0 Å². The van der Waals surface area contributed by atoms with Gasteiger partial charge in [-0.05, 0) is 6.92 Å². The Morgan fingerprint density at radius 1 is 1.38 bits per heavy atom. The minimum absolute atomic E-state index is 0.476. The van der Waals surface area contributed by atoms with Gasteiger partial charge in [0.2, 0.25) is 0 Å². The van der Waals surface area contributed by atoms with Gasteiger partial charge in [-0.15, -0.1) is 0 Å². The lowest BCUT2D eigenvalue weighted by molar-refractivity contribution is 1.07. The highest BCUT2D eigenvalue weighted by Gasteiger charge is 2.00. The Labute approximate surface area is 82.1 Å². The van der Waals surface area contributed by atoms with Gasteiger partial charge < -0.3 is 0 Å². The molecule has 0 saturated heterocycles. The second kappa shape index (κ2) is 4.23. The summed E-state index contributed by atoms with van der Waals surface area (Å²) in [6.07, 6.45) is 1.72. The average Bonchev–Trinajstić information content (AvgIpc) is 2.51. The Morgan fingerprint density at radius 3 is 2.77 bits per heavy atom. The minimum Gasteiger partial charge on any atom is -0.282 e. The predicted molar refractivity (Wildman–Crippen MR) is 55.0 cm³/mol. The van der Waals surface area contributed by atoms with E-state index in [-0.39, 0.29) is 0 Å². The van der Waals surface area contributed by atoms with Gasteiger partial charge in [0, 0.05) is 23.3 Å². The molecule has 0 aromatic carbocycles. The molecule has 0 spiro atoms. The molecule has 0 saturated carbocycles. The zero-order valence-electron chi connectivity index (χ0n) is 7.93.